The van der Waals surface area contributed by atoms with Crippen molar-refractivity contribution < 1.29 is 9.21 Å². The van der Waals surface area contributed by atoms with Gasteiger partial charge in [-0.15, -0.1) is 0 Å². The van der Waals surface area contributed by atoms with Crippen molar-refractivity contribution in [2.45, 2.75) is 19.4 Å². The largest absolute Gasteiger partial charge is 0.461 e. The Bertz CT molecular complexity index is 362. The maximum absolute atomic E-state index is 11.9. The van der Waals surface area contributed by atoms with Crippen LogP contribution in [0.15, 0.2) is 22.8 Å². The van der Waals surface area contributed by atoms with E-state index in [0.29, 0.717) is 18.3 Å². The average Bonchev–Trinajstić information content (AvgIpc) is 2.85. The Balaban J connectivity index is 1.89. The predicted octanol–water partition coefficient (Wildman–Crippen LogP) is 1.49. The number of nitrogens with zero attached hydrogens (tertiary/aromatic N) is 2. The number of Topliss-reactive ketones (excluding diaryl/α,β-unsaturated/α-hetero) is 1. The van der Waals surface area contributed by atoms with E-state index in [-0.39, 0.29) is 5.78 Å². The van der Waals surface area contributed by atoms with Gasteiger partial charge >= 0.3 is 0 Å². The van der Waals surface area contributed by atoms with Crippen molar-refractivity contribution in [3.05, 3.63) is 24.2 Å². The van der Waals surface area contributed by atoms with Gasteiger partial charge in [-0.05, 0) is 25.6 Å². The third kappa shape index (κ3) is 2.96. The standard InChI is InChI=1S/C13H20N2O2/c1-3-11-9-15(7-6-14(11)2)10-12(16)13-5-4-8-17-13/h4-5,8,11H,3,6-7,9-10H2,1-2H3. The van der Waals surface area contributed by atoms with Gasteiger partial charge < -0.3 is 9.32 Å². The number of furan rings is 1. The lowest BCUT2D eigenvalue weighted by atomic mass is 10.1. The molecule has 1 atom stereocenters. The molecule has 0 aliphatic carbocycles. The molecule has 0 N–H and O–H groups in total. The Hall–Kier alpha value is -1.13. The summed E-state index contributed by atoms with van der Waals surface area (Å²) in [6.45, 7) is 5.62. The second-order valence-electron chi connectivity index (χ2n) is 4.68. The van der Waals surface area contributed by atoms with Crippen LogP contribution >= 0.6 is 0 Å². The van der Waals surface area contributed by atoms with Gasteiger partial charge in [-0.1, -0.05) is 6.92 Å². The van der Waals surface area contributed by atoms with E-state index < -0.39 is 0 Å². The van der Waals surface area contributed by atoms with Crippen molar-refractivity contribution >= 4 is 5.78 Å². The zero-order valence-corrected chi connectivity index (χ0v) is 10.6. The van der Waals surface area contributed by atoms with Crippen molar-refractivity contribution in [2.75, 3.05) is 33.2 Å². The molecule has 17 heavy (non-hydrogen) atoms. The summed E-state index contributed by atoms with van der Waals surface area (Å²) in [6.07, 6.45) is 2.67. The molecular formula is C13H20N2O2. The third-order valence-electron chi connectivity index (χ3n) is 3.50. The van der Waals surface area contributed by atoms with Gasteiger partial charge in [0.25, 0.3) is 0 Å². The van der Waals surface area contributed by atoms with Crippen molar-refractivity contribution in [1.29, 1.82) is 0 Å². The highest BCUT2D eigenvalue weighted by molar-refractivity contribution is 5.94. The van der Waals surface area contributed by atoms with Gasteiger partial charge in [-0.25, -0.2) is 0 Å². The van der Waals surface area contributed by atoms with Crippen LogP contribution in [-0.4, -0.2) is 54.9 Å². The van der Waals surface area contributed by atoms with Crippen molar-refractivity contribution in [1.82, 2.24) is 9.80 Å². The second kappa shape index (κ2) is 5.47. The Morgan fingerprint density at radius 3 is 3.00 bits per heavy atom. The molecule has 0 spiro atoms. The SMILES string of the molecule is CCC1CN(CC(=O)c2ccco2)CCN1C. The molecule has 0 radical (unpaired) electrons. The van der Waals surface area contributed by atoms with Crippen LogP contribution in [0.4, 0.5) is 0 Å². The lowest BCUT2D eigenvalue weighted by molar-refractivity contribution is 0.0723. The van der Waals surface area contributed by atoms with Crippen LogP contribution in [0.3, 0.4) is 0 Å². The van der Waals surface area contributed by atoms with E-state index in [1.165, 1.54) is 0 Å². The maximum Gasteiger partial charge on any atom is 0.211 e. The molecule has 1 unspecified atom stereocenters. The van der Waals surface area contributed by atoms with Crippen LogP contribution in [0.5, 0.6) is 0 Å². The van der Waals surface area contributed by atoms with Gasteiger partial charge in [0.1, 0.15) is 0 Å². The van der Waals surface area contributed by atoms with Gasteiger partial charge in [-0.2, -0.15) is 0 Å². The smallest absolute Gasteiger partial charge is 0.211 e. The van der Waals surface area contributed by atoms with Gasteiger partial charge in [0, 0.05) is 25.7 Å². The Morgan fingerprint density at radius 2 is 2.35 bits per heavy atom. The van der Waals surface area contributed by atoms with Crippen LogP contribution in [0, 0.1) is 0 Å². The fourth-order valence-corrected chi connectivity index (χ4v) is 2.31. The molecule has 1 fully saturated rings. The van der Waals surface area contributed by atoms with E-state index in [2.05, 4.69) is 23.8 Å². The molecule has 4 nitrogen and oxygen atoms in total. The van der Waals surface area contributed by atoms with Crippen molar-refractivity contribution in [3.8, 4) is 0 Å². The van der Waals surface area contributed by atoms with E-state index in [4.69, 9.17) is 4.42 Å². The molecule has 2 rings (SSSR count). The molecule has 1 saturated heterocycles. The van der Waals surface area contributed by atoms with Crippen LogP contribution in [0.2, 0.25) is 0 Å². The number of piperazine rings is 1. The summed E-state index contributed by atoms with van der Waals surface area (Å²) in [5.41, 5.74) is 0. The molecular weight excluding hydrogens is 216 g/mol. The quantitative estimate of drug-likeness (QED) is 0.742. The van der Waals surface area contributed by atoms with Crippen LogP contribution in [-0.2, 0) is 0 Å². The average molecular weight is 236 g/mol. The molecule has 0 aromatic carbocycles. The summed E-state index contributed by atoms with van der Waals surface area (Å²) in [6, 6.07) is 4.05. The third-order valence-corrected chi connectivity index (χ3v) is 3.50. The first-order chi connectivity index (χ1) is 8.20. The minimum absolute atomic E-state index is 0.0782. The molecule has 0 saturated carbocycles. The van der Waals surface area contributed by atoms with Crippen LogP contribution in [0.1, 0.15) is 23.9 Å². The highest BCUT2D eigenvalue weighted by atomic mass is 16.3. The molecule has 1 aliphatic rings. The summed E-state index contributed by atoms with van der Waals surface area (Å²) < 4.78 is 5.12. The van der Waals surface area contributed by atoms with Crippen LogP contribution < -0.4 is 0 Å². The first-order valence-electron chi connectivity index (χ1n) is 6.20. The molecule has 4 heteroatoms. The number of ketones is 1. The Morgan fingerprint density at radius 1 is 1.53 bits per heavy atom. The molecule has 94 valence electrons. The second-order valence-corrected chi connectivity index (χ2v) is 4.68. The summed E-state index contributed by atoms with van der Waals surface area (Å²) in [5.74, 6) is 0.548. The van der Waals surface area contributed by atoms with Gasteiger partial charge in [0.15, 0.2) is 5.76 Å². The zero-order valence-electron chi connectivity index (χ0n) is 10.6. The monoisotopic (exact) mass is 236 g/mol. The summed E-state index contributed by atoms with van der Waals surface area (Å²) in [4.78, 5) is 16.5. The van der Waals surface area contributed by atoms with E-state index in [0.717, 1.165) is 26.1 Å². The van der Waals surface area contributed by atoms with Crippen LogP contribution in [0.25, 0.3) is 0 Å². The highest BCUT2D eigenvalue weighted by Crippen LogP contribution is 2.11. The molecule has 1 aromatic heterocycles. The minimum atomic E-state index is 0.0782. The molecule has 0 bridgehead atoms. The molecule has 2 heterocycles. The van der Waals surface area contributed by atoms with Gasteiger partial charge in [0.05, 0.1) is 12.8 Å². The molecule has 1 aromatic rings. The number of carbonyl (C=O) groups excluding carboxylic acids is 1. The number of carbonyl (C=O) groups is 1. The lowest BCUT2D eigenvalue weighted by Gasteiger charge is -2.38. The topological polar surface area (TPSA) is 36.7 Å². The summed E-state index contributed by atoms with van der Waals surface area (Å²) in [7, 11) is 2.15. The highest BCUT2D eigenvalue weighted by Gasteiger charge is 2.24. The summed E-state index contributed by atoms with van der Waals surface area (Å²) >= 11 is 0. The minimum Gasteiger partial charge on any atom is -0.461 e. The van der Waals surface area contributed by atoms with Gasteiger partial charge in [0.2, 0.25) is 5.78 Å². The number of hydrogen-bond acceptors (Lipinski definition) is 4. The van der Waals surface area contributed by atoms with Crippen molar-refractivity contribution in [2.24, 2.45) is 0 Å². The number of hydrogen-bond donors (Lipinski definition) is 0. The van der Waals surface area contributed by atoms with Gasteiger partial charge in [-0.3, -0.25) is 9.69 Å². The van der Waals surface area contributed by atoms with E-state index in [1.54, 1.807) is 18.4 Å². The predicted molar refractivity (Wildman–Crippen MR) is 66.2 cm³/mol. The summed E-state index contributed by atoms with van der Waals surface area (Å²) in [5, 5.41) is 0. The van der Waals surface area contributed by atoms with Crippen molar-refractivity contribution in [3.63, 3.8) is 0 Å². The first-order valence-corrected chi connectivity index (χ1v) is 6.20. The molecule has 0 amide bonds. The number of likely N-dealkylation sites (N-methyl/N-ethyl adjacent to an activating group) is 1. The Kier molecular flexibility index (Phi) is 3.97. The molecule has 1 aliphatic heterocycles. The normalized spacial score (nSPS) is 22.8. The maximum atomic E-state index is 11.9. The fourth-order valence-electron chi connectivity index (χ4n) is 2.31. The Labute approximate surface area is 102 Å². The zero-order chi connectivity index (χ0) is 12.3. The van der Waals surface area contributed by atoms with E-state index >= 15 is 0 Å². The fraction of sp³-hybridized carbons (Fsp3) is 0.615. The number of rotatable bonds is 4. The van der Waals surface area contributed by atoms with E-state index in [1.807, 2.05) is 0 Å². The lowest BCUT2D eigenvalue weighted by Crippen LogP contribution is -2.52. The van der Waals surface area contributed by atoms with E-state index in [9.17, 15) is 4.79 Å². The first kappa shape index (κ1) is 12.3.